The normalized spacial score (nSPS) is 15.8. The zero-order valence-corrected chi connectivity index (χ0v) is 20.2. The van der Waals surface area contributed by atoms with Gasteiger partial charge in [0.05, 0.1) is 0 Å². The molecule has 0 unspecified atom stereocenters. The summed E-state index contributed by atoms with van der Waals surface area (Å²) in [7, 11) is 1.82. The van der Waals surface area contributed by atoms with Gasteiger partial charge >= 0.3 is 0 Å². The average molecular weight is 523 g/mol. The summed E-state index contributed by atoms with van der Waals surface area (Å²) in [6.07, 6.45) is 3.94. The first-order chi connectivity index (χ1) is 14.3. The standard InChI is InChI=1S/C22H18BrCl2N3OS/c1-3-28-21(29)20(26(2)22(28)30)8-14-12-27(19-7-5-15(23)9-17(14)19)11-13-4-6-16(24)10-18(13)25/h4-10,12H,3,11H2,1-2H3/b20-8-. The van der Waals surface area contributed by atoms with Gasteiger partial charge in [-0.15, -0.1) is 0 Å². The fourth-order valence-corrected chi connectivity index (χ4v) is 4.75. The van der Waals surface area contributed by atoms with Gasteiger partial charge in [-0.25, -0.2) is 0 Å². The molecule has 0 N–H and O–H groups in total. The van der Waals surface area contributed by atoms with Crippen LogP contribution >= 0.6 is 51.3 Å². The molecule has 30 heavy (non-hydrogen) atoms. The van der Waals surface area contributed by atoms with E-state index in [0.717, 1.165) is 26.5 Å². The van der Waals surface area contributed by atoms with Crippen LogP contribution in [-0.2, 0) is 11.3 Å². The number of nitrogens with zero attached hydrogens (tertiary/aromatic N) is 3. The number of aromatic nitrogens is 1. The van der Waals surface area contributed by atoms with Gasteiger partial charge in [0.1, 0.15) is 5.70 Å². The van der Waals surface area contributed by atoms with Crippen LogP contribution < -0.4 is 0 Å². The molecule has 0 radical (unpaired) electrons. The van der Waals surface area contributed by atoms with Crippen molar-refractivity contribution in [3.63, 3.8) is 0 Å². The van der Waals surface area contributed by atoms with Crippen LogP contribution in [0.25, 0.3) is 17.0 Å². The molecule has 0 spiro atoms. The topological polar surface area (TPSA) is 28.5 Å². The smallest absolute Gasteiger partial charge is 0.276 e. The summed E-state index contributed by atoms with van der Waals surface area (Å²) in [5.74, 6) is -0.0818. The number of amides is 1. The summed E-state index contributed by atoms with van der Waals surface area (Å²) in [4.78, 5) is 16.2. The van der Waals surface area contributed by atoms with Crippen molar-refractivity contribution in [2.75, 3.05) is 13.6 Å². The molecule has 1 amide bonds. The molecule has 1 aliphatic heterocycles. The number of hydrogen-bond donors (Lipinski definition) is 0. The predicted octanol–water partition coefficient (Wildman–Crippen LogP) is 6.18. The largest absolute Gasteiger partial charge is 0.342 e. The van der Waals surface area contributed by atoms with Crippen LogP contribution in [0.3, 0.4) is 0 Å². The number of thiocarbonyl (C=S) groups is 1. The summed E-state index contributed by atoms with van der Waals surface area (Å²) >= 11 is 21.4. The Bertz CT molecular complexity index is 1220. The Morgan fingerprint density at radius 2 is 1.93 bits per heavy atom. The quantitative estimate of drug-likeness (QED) is 0.302. The van der Waals surface area contributed by atoms with E-state index < -0.39 is 0 Å². The van der Waals surface area contributed by atoms with Crippen molar-refractivity contribution in [2.45, 2.75) is 13.5 Å². The van der Waals surface area contributed by atoms with E-state index in [-0.39, 0.29) is 5.91 Å². The Hall–Kier alpha value is -1.86. The van der Waals surface area contributed by atoms with Crippen LogP contribution in [0, 0.1) is 0 Å². The molecule has 0 atom stereocenters. The van der Waals surface area contributed by atoms with Gasteiger partial charge in [-0.2, -0.15) is 0 Å². The lowest BCUT2D eigenvalue weighted by Crippen LogP contribution is -2.30. The lowest BCUT2D eigenvalue weighted by Gasteiger charge is -2.13. The molecule has 1 aromatic heterocycles. The van der Waals surface area contributed by atoms with Gasteiger partial charge in [0.15, 0.2) is 5.11 Å². The number of hydrogen-bond acceptors (Lipinski definition) is 2. The van der Waals surface area contributed by atoms with Gasteiger partial charge in [-0.1, -0.05) is 45.2 Å². The van der Waals surface area contributed by atoms with Crippen molar-refractivity contribution in [3.05, 3.63) is 73.9 Å². The Morgan fingerprint density at radius 1 is 1.17 bits per heavy atom. The molecule has 1 fully saturated rings. The second-order valence-corrected chi connectivity index (χ2v) is 9.15. The average Bonchev–Trinajstić information content (AvgIpc) is 3.13. The summed E-state index contributed by atoms with van der Waals surface area (Å²) < 4.78 is 3.09. The van der Waals surface area contributed by atoms with Crippen molar-refractivity contribution in [1.29, 1.82) is 0 Å². The number of halogens is 3. The maximum atomic E-state index is 12.8. The van der Waals surface area contributed by atoms with Crippen molar-refractivity contribution in [1.82, 2.24) is 14.4 Å². The predicted molar refractivity (Wildman–Crippen MR) is 131 cm³/mol. The minimum atomic E-state index is -0.0818. The molecule has 0 saturated carbocycles. The van der Waals surface area contributed by atoms with Gasteiger partial charge in [0.25, 0.3) is 5.91 Å². The van der Waals surface area contributed by atoms with E-state index in [1.54, 1.807) is 15.9 Å². The summed E-state index contributed by atoms with van der Waals surface area (Å²) in [6.45, 7) is 3.04. The molecule has 0 bridgehead atoms. The first-order valence-electron chi connectivity index (χ1n) is 9.33. The molecule has 154 valence electrons. The highest BCUT2D eigenvalue weighted by atomic mass is 79.9. The monoisotopic (exact) mass is 521 g/mol. The van der Waals surface area contributed by atoms with Crippen LogP contribution in [0.4, 0.5) is 0 Å². The minimum Gasteiger partial charge on any atom is -0.342 e. The zero-order chi connectivity index (χ0) is 21.6. The molecular weight excluding hydrogens is 505 g/mol. The first-order valence-corrected chi connectivity index (χ1v) is 11.3. The molecule has 4 nitrogen and oxygen atoms in total. The first kappa shape index (κ1) is 21.4. The summed E-state index contributed by atoms with van der Waals surface area (Å²) in [5, 5.41) is 2.78. The van der Waals surface area contributed by atoms with E-state index in [4.69, 9.17) is 35.4 Å². The van der Waals surface area contributed by atoms with Gasteiger partial charge in [-0.05, 0) is 61.1 Å². The van der Waals surface area contributed by atoms with Crippen LogP contribution in [0.15, 0.2) is 52.8 Å². The van der Waals surface area contributed by atoms with E-state index in [1.807, 2.05) is 44.4 Å². The number of fused-ring (bicyclic) bond motifs is 1. The Kier molecular flexibility index (Phi) is 5.95. The molecule has 1 saturated heterocycles. The maximum Gasteiger partial charge on any atom is 0.276 e. The molecule has 3 aromatic rings. The number of carbonyl (C=O) groups is 1. The summed E-state index contributed by atoms with van der Waals surface area (Å²) in [5.41, 5.74) is 3.50. The molecule has 4 rings (SSSR count). The van der Waals surface area contributed by atoms with Gasteiger partial charge in [0, 0.05) is 57.3 Å². The van der Waals surface area contributed by atoms with Crippen LogP contribution in [0.2, 0.25) is 10.0 Å². The Balaban J connectivity index is 1.82. The van der Waals surface area contributed by atoms with E-state index in [9.17, 15) is 4.79 Å². The van der Waals surface area contributed by atoms with Crippen LogP contribution in [-0.4, -0.2) is 39.0 Å². The maximum absolute atomic E-state index is 12.8. The van der Waals surface area contributed by atoms with E-state index in [2.05, 4.69) is 32.6 Å². The highest BCUT2D eigenvalue weighted by Crippen LogP contribution is 2.31. The second-order valence-electron chi connectivity index (χ2n) is 7.03. The highest BCUT2D eigenvalue weighted by molar-refractivity contribution is 9.10. The van der Waals surface area contributed by atoms with Crippen LogP contribution in [0.1, 0.15) is 18.1 Å². The lowest BCUT2D eigenvalue weighted by molar-refractivity contribution is -0.122. The third-order valence-corrected chi connectivity index (χ3v) is 6.76. The van der Waals surface area contributed by atoms with Crippen molar-refractivity contribution < 1.29 is 4.79 Å². The van der Waals surface area contributed by atoms with Gasteiger partial charge in [0.2, 0.25) is 0 Å². The zero-order valence-electron chi connectivity index (χ0n) is 16.3. The van der Waals surface area contributed by atoms with Gasteiger partial charge < -0.3 is 9.47 Å². The van der Waals surface area contributed by atoms with Crippen molar-refractivity contribution in [2.24, 2.45) is 0 Å². The highest BCUT2D eigenvalue weighted by Gasteiger charge is 2.34. The third-order valence-electron chi connectivity index (χ3n) is 5.18. The summed E-state index contributed by atoms with van der Waals surface area (Å²) in [6, 6.07) is 11.6. The van der Waals surface area contributed by atoms with E-state index in [0.29, 0.717) is 33.9 Å². The number of carbonyl (C=O) groups excluding carboxylic acids is 1. The van der Waals surface area contributed by atoms with Crippen LogP contribution in [0.5, 0.6) is 0 Å². The fraction of sp³-hybridized carbons (Fsp3) is 0.182. The molecule has 8 heteroatoms. The number of likely N-dealkylation sites (N-methyl/N-ethyl adjacent to an activating group) is 2. The van der Waals surface area contributed by atoms with Crippen molar-refractivity contribution in [3.8, 4) is 0 Å². The number of benzene rings is 2. The van der Waals surface area contributed by atoms with Crippen molar-refractivity contribution >= 4 is 79.3 Å². The molecule has 1 aliphatic rings. The second kappa shape index (κ2) is 8.35. The minimum absolute atomic E-state index is 0.0818. The fourth-order valence-electron chi connectivity index (χ4n) is 3.61. The van der Waals surface area contributed by atoms with E-state index >= 15 is 0 Å². The molecular formula is C22H18BrCl2N3OS. The molecule has 2 aromatic carbocycles. The Morgan fingerprint density at radius 3 is 2.60 bits per heavy atom. The number of rotatable bonds is 4. The lowest BCUT2D eigenvalue weighted by atomic mass is 10.1. The van der Waals surface area contributed by atoms with E-state index in [1.165, 1.54) is 0 Å². The van der Waals surface area contributed by atoms with Gasteiger partial charge in [-0.3, -0.25) is 9.69 Å². The molecule has 2 heterocycles. The third kappa shape index (κ3) is 3.78. The Labute approximate surface area is 198 Å². The SMILES string of the molecule is CCN1C(=O)/C(=C/c2cn(Cc3ccc(Cl)cc3Cl)c3ccc(Br)cc23)N(C)C1=S. The molecule has 0 aliphatic carbocycles.